The van der Waals surface area contributed by atoms with E-state index in [9.17, 15) is 18.0 Å². The van der Waals surface area contributed by atoms with E-state index in [1.807, 2.05) is 20.8 Å². The molecule has 2 fully saturated rings. The molecule has 0 aromatic heterocycles. The van der Waals surface area contributed by atoms with Gasteiger partial charge in [0, 0.05) is 42.7 Å². The van der Waals surface area contributed by atoms with Crippen molar-refractivity contribution in [2.45, 2.75) is 62.4 Å². The van der Waals surface area contributed by atoms with E-state index in [2.05, 4.69) is 10.6 Å². The van der Waals surface area contributed by atoms with E-state index in [4.69, 9.17) is 16.6 Å². The lowest BCUT2D eigenvalue weighted by atomic mass is 9.89. The Morgan fingerprint density at radius 3 is 2.59 bits per heavy atom. The molecule has 0 aliphatic carbocycles. The van der Waals surface area contributed by atoms with Gasteiger partial charge in [-0.2, -0.15) is 4.31 Å². The van der Waals surface area contributed by atoms with Gasteiger partial charge in [0.05, 0.1) is 4.90 Å². The number of amidine groups is 1. The van der Waals surface area contributed by atoms with Crippen LogP contribution >= 0.6 is 11.6 Å². The largest absolute Gasteiger partial charge is 0.333 e. The molecule has 186 valence electrons. The second kappa shape index (κ2) is 9.13. The van der Waals surface area contributed by atoms with Gasteiger partial charge in [0.25, 0.3) is 5.91 Å². The van der Waals surface area contributed by atoms with E-state index in [1.165, 1.54) is 16.4 Å². The van der Waals surface area contributed by atoms with Gasteiger partial charge < -0.3 is 15.5 Å². The van der Waals surface area contributed by atoms with Crippen LogP contribution in [-0.4, -0.2) is 72.7 Å². The summed E-state index contributed by atoms with van der Waals surface area (Å²) in [4.78, 5) is 32.3. The highest BCUT2D eigenvalue weighted by molar-refractivity contribution is 7.89. The predicted octanol–water partition coefficient (Wildman–Crippen LogP) is 2.61. The first-order chi connectivity index (χ1) is 15.9. The van der Waals surface area contributed by atoms with Crippen LogP contribution in [0.3, 0.4) is 0 Å². The lowest BCUT2D eigenvalue weighted by Gasteiger charge is -2.35. The quantitative estimate of drug-likeness (QED) is 0.652. The zero-order chi connectivity index (χ0) is 24.7. The number of hydrogen-bond donors (Lipinski definition) is 2. The zero-order valence-corrected chi connectivity index (χ0v) is 21.4. The Labute approximate surface area is 206 Å². The van der Waals surface area contributed by atoms with Crippen LogP contribution in [0.5, 0.6) is 0 Å². The fourth-order valence-electron chi connectivity index (χ4n) is 4.73. The summed E-state index contributed by atoms with van der Waals surface area (Å²) in [5.74, 6) is 0.388. The lowest BCUT2D eigenvalue weighted by molar-refractivity contribution is -0.125. The van der Waals surface area contributed by atoms with E-state index in [0.717, 1.165) is 12.8 Å². The predicted molar refractivity (Wildman–Crippen MR) is 130 cm³/mol. The molecule has 0 bridgehead atoms. The second-order valence-corrected chi connectivity index (χ2v) is 12.7. The maximum absolute atomic E-state index is 13.0. The summed E-state index contributed by atoms with van der Waals surface area (Å²) >= 11 is 5.98. The van der Waals surface area contributed by atoms with Gasteiger partial charge in [-0.3, -0.25) is 9.79 Å². The van der Waals surface area contributed by atoms with Crippen LogP contribution in [0.25, 0.3) is 0 Å². The van der Waals surface area contributed by atoms with Gasteiger partial charge in [-0.15, -0.1) is 0 Å². The third-order valence-corrected chi connectivity index (χ3v) is 8.69. The topological polar surface area (TPSA) is 111 Å². The minimum Gasteiger partial charge on any atom is -0.333 e. The average molecular weight is 510 g/mol. The Balaban J connectivity index is 1.44. The molecule has 3 aliphatic heterocycles. The summed E-state index contributed by atoms with van der Waals surface area (Å²) in [7, 11) is -3.70. The number of carbonyl (C=O) groups is 2. The molecule has 4 rings (SSSR count). The fraction of sp³-hybridized carbons (Fsp3) is 0.609. The van der Waals surface area contributed by atoms with Crippen LogP contribution in [0.4, 0.5) is 4.79 Å². The Bertz CT molecular complexity index is 1110. The molecule has 1 aromatic carbocycles. The molecule has 1 aromatic rings. The van der Waals surface area contributed by atoms with Crippen molar-refractivity contribution in [1.29, 1.82) is 0 Å². The summed E-state index contributed by atoms with van der Waals surface area (Å²) in [5, 5.41) is 6.30. The van der Waals surface area contributed by atoms with Gasteiger partial charge >= 0.3 is 6.03 Å². The summed E-state index contributed by atoms with van der Waals surface area (Å²) in [6.45, 7) is 7.38. The summed E-state index contributed by atoms with van der Waals surface area (Å²) in [6, 6.07) is 6.08. The Kier molecular flexibility index (Phi) is 6.69. The number of hydrogen-bond acceptors (Lipinski definition) is 5. The van der Waals surface area contributed by atoms with Crippen molar-refractivity contribution in [3.8, 4) is 0 Å². The van der Waals surface area contributed by atoms with Gasteiger partial charge in [0.15, 0.2) is 0 Å². The Morgan fingerprint density at radius 1 is 1.24 bits per heavy atom. The molecular formula is C23H32ClN5O4S. The minimum absolute atomic E-state index is 0.0454. The number of nitrogens with one attached hydrogen (secondary N) is 2. The SMILES string of the molecule is CC(C)(C)NC(=O)N1CCCC(C2=NC3(CCN(S(=O)(=O)c4cccc(Cl)c4)CC3)C(=O)N2)C1. The van der Waals surface area contributed by atoms with Crippen molar-refractivity contribution in [1.82, 2.24) is 19.8 Å². The molecule has 2 saturated heterocycles. The number of benzene rings is 1. The van der Waals surface area contributed by atoms with Crippen molar-refractivity contribution in [2.75, 3.05) is 26.2 Å². The normalized spacial score (nSPS) is 23.5. The summed E-state index contributed by atoms with van der Waals surface area (Å²) in [5.41, 5.74) is -1.28. The number of rotatable bonds is 3. The Morgan fingerprint density at radius 2 is 1.94 bits per heavy atom. The van der Waals surface area contributed by atoms with E-state index < -0.39 is 15.6 Å². The monoisotopic (exact) mass is 509 g/mol. The molecule has 1 spiro atoms. The van der Waals surface area contributed by atoms with Gasteiger partial charge in [-0.05, 0) is 64.7 Å². The molecule has 1 atom stereocenters. The number of nitrogens with zero attached hydrogens (tertiary/aromatic N) is 3. The molecular weight excluding hydrogens is 478 g/mol. The number of piperidine rings is 2. The van der Waals surface area contributed by atoms with Gasteiger partial charge in [0.1, 0.15) is 11.4 Å². The van der Waals surface area contributed by atoms with Crippen LogP contribution in [0.2, 0.25) is 5.02 Å². The number of likely N-dealkylation sites (tertiary alicyclic amines) is 1. The van der Waals surface area contributed by atoms with Crippen molar-refractivity contribution < 1.29 is 18.0 Å². The number of sulfonamides is 1. The van der Waals surface area contributed by atoms with Gasteiger partial charge in [0.2, 0.25) is 10.0 Å². The molecule has 0 saturated carbocycles. The third-order valence-electron chi connectivity index (χ3n) is 6.56. The molecule has 0 radical (unpaired) electrons. The second-order valence-electron chi connectivity index (χ2n) is 10.3. The van der Waals surface area contributed by atoms with Crippen LogP contribution in [-0.2, 0) is 14.8 Å². The minimum atomic E-state index is -3.70. The number of urea groups is 1. The van der Waals surface area contributed by atoms with Gasteiger partial charge in [-0.25, -0.2) is 13.2 Å². The zero-order valence-electron chi connectivity index (χ0n) is 19.8. The van der Waals surface area contributed by atoms with E-state index in [1.54, 1.807) is 17.0 Å². The van der Waals surface area contributed by atoms with Crippen LogP contribution < -0.4 is 10.6 Å². The molecule has 9 nitrogen and oxygen atoms in total. The molecule has 1 unspecified atom stereocenters. The number of halogens is 1. The highest BCUT2D eigenvalue weighted by atomic mass is 35.5. The van der Waals surface area contributed by atoms with Crippen LogP contribution in [0.15, 0.2) is 34.2 Å². The first-order valence-corrected chi connectivity index (χ1v) is 13.5. The van der Waals surface area contributed by atoms with E-state index in [-0.39, 0.29) is 41.4 Å². The maximum atomic E-state index is 13.0. The lowest BCUT2D eigenvalue weighted by Crippen LogP contribution is -2.53. The van der Waals surface area contributed by atoms with Crippen LogP contribution in [0.1, 0.15) is 46.5 Å². The average Bonchev–Trinajstić information content (AvgIpc) is 3.08. The molecule has 3 aliphatic rings. The highest BCUT2D eigenvalue weighted by Gasteiger charge is 2.49. The van der Waals surface area contributed by atoms with Crippen LogP contribution in [0, 0.1) is 5.92 Å². The summed E-state index contributed by atoms with van der Waals surface area (Å²) in [6.07, 6.45) is 2.28. The molecule has 34 heavy (non-hydrogen) atoms. The van der Waals surface area contributed by atoms with E-state index >= 15 is 0 Å². The van der Waals surface area contributed by atoms with Crippen molar-refractivity contribution in [3.63, 3.8) is 0 Å². The standard InChI is InChI=1S/C23H32ClN5O4S/c1-22(2,3)27-21(31)28-11-5-6-16(15-28)19-25-20(30)23(26-19)9-12-29(13-10-23)34(32,33)18-8-4-7-17(24)14-18/h4,7-8,14,16H,5-6,9-13,15H2,1-3H3,(H,27,31)(H,25,26,30). The van der Waals surface area contributed by atoms with E-state index in [0.29, 0.717) is 36.8 Å². The number of aliphatic imine (C=N–C) groups is 1. The first-order valence-electron chi connectivity index (χ1n) is 11.6. The van der Waals surface area contributed by atoms with Crippen molar-refractivity contribution >= 4 is 39.4 Å². The molecule has 2 N–H and O–H groups in total. The highest BCUT2D eigenvalue weighted by Crippen LogP contribution is 2.34. The first kappa shape index (κ1) is 24.9. The molecule has 3 heterocycles. The van der Waals surface area contributed by atoms with Crippen molar-refractivity contribution in [2.24, 2.45) is 10.9 Å². The molecule has 3 amide bonds. The summed E-state index contributed by atoms with van der Waals surface area (Å²) < 4.78 is 27.4. The Hall–Kier alpha value is -2.17. The smallest absolute Gasteiger partial charge is 0.317 e. The van der Waals surface area contributed by atoms with Crippen molar-refractivity contribution in [3.05, 3.63) is 29.3 Å². The van der Waals surface area contributed by atoms with Gasteiger partial charge in [-0.1, -0.05) is 17.7 Å². The maximum Gasteiger partial charge on any atom is 0.317 e. The number of amides is 3. The third kappa shape index (κ3) is 5.08. The molecule has 11 heteroatoms. The number of carbonyl (C=O) groups excluding carboxylic acids is 2. The fourth-order valence-corrected chi connectivity index (χ4v) is 6.47.